The molecule has 14 heavy (non-hydrogen) atoms. The Bertz CT molecular complexity index is 386. The lowest BCUT2D eigenvalue weighted by atomic mass is 10.1. The van der Waals surface area contributed by atoms with Gasteiger partial charge >= 0.3 is 11.9 Å². The van der Waals surface area contributed by atoms with Gasteiger partial charge in [0.1, 0.15) is 0 Å². The first-order valence-corrected chi connectivity index (χ1v) is 3.82. The summed E-state index contributed by atoms with van der Waals surface area (Å²) in [6.07, 6.45) is 0. The number of carboxylic acids is 1. The molecule has 0 atom stereocenters. The Balaban J connectivity index is 3.13. The Morgan fingerprint density at radius 2 is 2.07 bits per heavy atom. The molecule has 5 heteroatoms. The van der Waals surface area contributed by atoms with Gasteiger partial charge < -0.3 is 15.6 Å². The van der Waals surface area contributed by atoms with Crippen LogP contribution < -0.4 is 10.5 Å². The van der Waals surface area contributed by atoms with Crippen molar-refractivity contribution < 1.29 is 19.4 Å². The summed E-state index contributed by atoms with van der Waals surface area (Å²) < 4.78 is 4.71. The van der Waals surface area contributed by atoms with Crippen molar-refractivity contribution >= 4 is 17.6 Å². The number of carbonyl (C=O) groups is 2. The summed E-state index contributed by atoms with van der Waals surface area (Å²) in [5.74, 6) is -1.63. The molecule has 0 saturated heterocycles. The molecule has 74 valence electrons. The average molecular weight is 195 g/mol. The van der Waals surface area contributed by atoms with Gasteiger partial charge in [0.15, 0.2) is 5.75 Å². The Labute approximate surface area is 80.1 Å². The number of hydrogen-bond donors (Lipinski definition) is 2. The van der Waals surface area contributed by atoms with Crippen LogP contribution in [0.15, 0.2) is 18.2 Å². The number of esters is 1. The van der Waals surface area contributed by atoms with Crippen LogP contribution in [0.1, 0.15) is 17.3 Å². The molecule has 0 unspecified atom stereocenters. The molecule has 0 radical (unpaired) electrons. The van der Waals surface area contributed by atoms with Crippen LogP contribution in [-0.2, 0) is 4.79 Å². The first-order valence-electron chi connectivity index (χ1n) is 3.82. The molecule has 0 saturated carbocycles. The maximum atomic E-state index is 10.6. The molecule has 0 aliphatic rings. The fraction of sp³-hybridized carbons (Fsp3) is 0.111. The second-order valence-corrected chi connectivity index (χ2v) is 2.62. The van der Waals surface area contributed by atoms with Crippen molar-refractivity contribution in [2.24, 2.45) is 0 Å². The fourth-order valence-corrected chi connectivity index (χ4v) is 0.974. The van der Waals surface area contributed by atoms with Gasteiger partial charge in [0, 0.05) is 6.92 Å². The van der Waals surface area contributed by atoms with Gasteiger partial charge in [-0.1, -0.05) is 6.07 Å². The van der Waals surface area contributed by atoms with Gasteiger partial charge in [0.05, 0.1) is 11.3 Å². The summed E-state index contributed by atoms with van der Waals surface area (Å²) in [6.45, 7) is 1.22. The van der Waals surface area contributed by atoms with Crippen molar-refractivity contribution in [2.75, 3.05) is 5.73 Å². The molecule has 3 N–H and O–H groups in total. The summed E-state index contributed by atoms with van der Waals surface area (Å²) in [6, 6.07) is 4.23. The van der Waals surface area contributed by atoms with E-state index in [0.717, 1.165) is 0 Å². The number of hydrogen-bond acceptors (Lipinski definition) is 4. The van der Waals surface area contributed by atoms with Crippen molar-refractivity contribution in [2.45, 2.75) is 6.92 Å². The minimum Gasteiger partial charge on any atom is -0.478 e. The Morgan fingerprint density at radius 3 is 2.57 bits per heavy atom. The quantitative estimate of drug-likeness (QED) is 0.415. The zero-order valence-corrected chi connectivity index (χ0v) is 7.48. The van der Waals surface area contributed by atoms with E-state index in [1.807, 2.05) is 0 Å². The second-order valence-electron chi connectivity index (χ2n) is 2.62. The van der Waals surface area contributed by atoms with Crippen LogP contribution in [0, 0.1) is 0 Å². The molecule has 0 fully saturated rings. The van der Waals surface area contributed by atoms with Crippen LogP contribution in [0.2, 0.25) is 0 Å². The highest BCUT2D eigenvalue weighted by atomic mass is 16.5. The number of rotatable bonds is 2. The van der Waals surface area contributed by atoms with E-state index >= 15 is 0 Å². The van der Waals surface area contributed by atoms with Crippen molar-refractivity contribution in [3.63, 3.8) is 0 Å². The number of para-hydroxylation sites is 1. The fourth-order valence-electron chi connectivity index (χ4n) is 0.974. The van der Waals surface area contributed by atoms with E-state index in [-0.39, 0.29) is 17.0 Å². The maximum Gasteiger partial charge on any atom is 0.337 e. The van der Waals surface area contributed by atoms with Crippen LogP contribution >= 0.6 is 0 Å². The number of nitrogen functional groups attached to an aromatic ring is 1. The highest BCUT2D eigenvalue weighted by Gasteiger charge is 2.12. The first-order chi connectivity index (χ1) is 6.52. The van der Waals surface area contributed by atoms with Crippen LogP contribution in [0.5, 0.6) is 5.75 Å². The molecular weight excluding hydrogens is 186 g/mol. The van der Waals surface area contributed by atoms with Crippen molar-refractivity contribution in [1.29, 1.82) is 0 Å². The highest BCUT2D eigenvalue weighted by Crippen LogP contribution is 2.25. The van der Waals surface area contributed by atoms with Crippen LogP contribution in [0.3, 0.4) is 0 Å². The highest BCUT2D eigenvalue weighted by molar-refractivity contribution is 5.95. The SMILES string of the molecule is CC(=O)Oc1cccc(C(=O)O)c1N. The number of anilines is 1. The molecule has 0 heterocycles. The minimum atomic E-state index is -1.16. The van der Waals surface area contributed by atoms with Gasteiger partial charge in [0.25, 0.3) is 0 Å². The minimum absolute atomic E-state index is 0.0461. The summed E-state index contributed by atoms with van der Waals surface area (Å²) in [5.41, 5.74) is 5.35. The number of aromatic carboxylic acids is 1. The molecular formula is C9H9NO4. The molecule has 0 aliphatic carbocycles. The van der Waals surface area contributed by atoms with E-state index in [1.165, 1.54) is 25.1 Å². The van der Waals surface area contributed by atoms with E-state index < -0.39 is 11.9 Å². The van der Waals surface area contributed by atoms with Gasteiger partial charge in [-0.05, 0) is 12.1 Å². The third-order valence-corrected chi connectivity index (χ3v) is 1.55. The van der Waals surface area contributed by atoms with Crippen molar-refractivity contribution in [3.05, 3.63) is 23.8 Å². The largest absolute Gasteiger partial charge is 0.478 e. The summed E-state index contributed by atoms with van der Waals surface area (Å²) in [7, 11) is 0. The van der Waals surface area contributed by atoms with Gasteiger partial charge in [-0.15, -0.1) is 0 Å². The third-order valence-electron chi connectivity index (χ3n) is 1.55. The van der Waals surface area contributed by atoms with Crippen LogP contribution in [0.25, 0.3) is 0 Å². The Hall–Kier alpha value is -2.04. The summed E-state index contributed by atoms with van der Waals surface area (Å²) >= 11 is 0. The molecule has 1 aromatic carbocycles. The van der Waals surface area contributed by atoms with E-state index in [0.29, 0.717) is 0 Å². The summed E-state index contributed by atoms with van der Waals surface area (Å²) in [4.78, 5) is 21.3. The molecule has 5 nitrogen and oxygen atoms in total. The predicted octanol–water partition coefficient (Wildman–Crippen LogP) is 0.892. The molecule has 1 aromatic rings. The monoisotopic (exact) mass is 195 g/mol. The van der Waals surface area contributed by atoms with Gasteiger partial charge in [-0.25, -0.2) is 4.79 Å². The smallest absolute Gasteiger partial charge is 0.337 e. The van der Waals surface area contributed by atoms with Gasteiger partial charge in [0.2, 0.25) is 0 Å². The number of nitrogens with two attached hydrogens (primary N) is 1. The predicted molar refractivity (Wildman–Crippen MR) is 49.1 cm³/mol. The zero-order valence-electron chi connectivity index (χ0n) is 7.48. The average Bonchev–Trinajstić information content (AvgIpc) is 2.07. The lowest BCUT2D eigenvalue weighted by molar-refractivity contribution is -0.131. The molecule has 0 spiro atoms. The normalized spacial score (nSPS) is 9.50. The van der Waals surface area contributed by atoms with E-state index in [9.17, 15) is 9.59 Å². The molecule has 0 amide bonds. The number of benzene rings is 1. The maximum absolute atomic E-state index is 10.6. The lowest BCUT2D eigenvalue weighted by Crippen LogP contribution is -2.08. The second kappa shape index (κ2) is 3.78. The van der Waals surface area contributed by atoms with E-state index in [1.54, 1.807) is 0 Å². The topological polar surface area (TPSA) is 89.6 Å². The van der Waals surface area contributed by atoms with E-state index in [2.05, 4.69) is 0 Å². The third kappa shape index (κ3) is 2.01. The summed E-state index contributed by atoms with van der Waals surface area (Å²) in [5, 5.41) is 8.70. The Kier molecular flexibility index (Phi) is 2.71. The molecule has 0 aromatic heterocycles. The van der Waals surface area contributed by atoms with Crippen LogP contribution in [-0.4, -0.2) is 17.0 Å². The van der Waals surface area contributed by atoms with Crippen molar-refractivity contribution in [1.82, 2.24) is 0 Å². The number of ether oxygens (including phenoxy) is 1. The van der Waals surface area contributed by atoms with Gasteiger partial charge in [-0.2, -0.15) is 0 Å². The lowest BCUT2D eigenvalue weighted by Gasteiger charge is -2.06. The number of carboxylic acid groups (broad SMARTS) is 1. The zero-order chi connectivity index (χ0) is 10.7. The Morgan fingerprint density at radius 1 is 1.43 bits per heavy atom. The molecule has 0 bridgehead atoms. The van der Waals surface area contributed by atoms with E-state index in [4.69, 9.17) is 15.6 Å². The van der Waals surface area contributed by atoms with Crippen LogP contribution in [0.4, 0.5) is 5.69 Å². The number of carbonyl (C=O) groups excluding carboxylic acids is 1. The molecule has 1 rings (SSSR count). The van der Waals surface area contributed by atoms with Gasteiger partial charge in [-0.3, -0.25) is 4.79 Å². The van der Waals surface area contributed by atoms with Crippen molar-refractivity contribution in [3.8, 4) is 5.75 Å². The standard InChI is InChI=1S/C9H9NO4/c1-5(11)14-7-4-2-3-6(8(7)10)9(12)13/h2-4H,10H2,1H3,(H,12,13). The molecule has 0 aliphatic heterocycles. The first kappa shape index (κ1) is 10.0.